The molecule has 2 aliphatic heterocycles. The number of hydrogen-bond donors (Lipinski definition) is 2. The number of carbonyl (C=O) groups is 3. The van der Waals surface area contributed by atoms with E-state index in [1.807, 2.05) is 39.0 Å². The van der Waals surface area contributed by atoms with Crippen molar-refractivity contribution in [3.05, 3.63) is 35.5 Å². The molecule has 1 aromatic heterocycles. The van der Waals surface area contributed by atoms with Gasteiger partial charge in [-0.1, -0.05) is 44.4 Å². The molecule has 7 heteroatoms. The summed E-state index contributed by atoms with van der Waals surface area (Å²) in [5, 5.41) is 4.02. The fraction of sp³-hybridized carbons (Fsp3) is 0.577. The largest absolute Gasteiger partial charge is 0.460 e. The van der Waals surface area contributed by atoms with E-state index in [0.29, 0.717) is 6.42 Å². The number of nitrogens with zero attached hydrogens (tertiary/aromatic N) is 1. The van der Waals surface area contributed by atoms with Crippen molar-refractivity contribution >= 4 is 28.7 Å². The molecule has 2 N–H and O–H groups in total. The Balaban J connectivity index is 1.61. The van der Waals surface area contributed by atoms with Crippen LogP contribution in [0.5, 0.6) is 0 Å². The van der Waals surface area contributed by atoms with E-state index in [-0.39, 0.29) is 36.7 Å². The minimum atomic E-state index is -0.708. The van der Waals surface area contributed by atoms with Crippen LogP contribution in [0.3, 0.4) is 0 Å². The maximum absolute atomic E-state index is 13.6. The summed E-state index contributed by atoms with van der Waals surface area (Å²) in [4.78, 5) is 44.3. The Hall–Kier alpha value is -2.83. The molecular weight excluding hydrogens is 418 g/mol. The molecule has 2 aliphatic rings. The van der Waals surface area contributed by atoms with Gasteiger partial charge in [0, 0.05) is 29.4 Å². The summed E-state index contributed by atoms with van der Waals surface area (Å²) in [6.45, 7) is 7.60. The van der Waals surface area contributed by atoms with Crippen LogP contribution in [0.4, 0.5) is 0 Å². The van der Waals surface area contributed by atoms with Gasteiger partial charge in [0.1, 0.15) is 17.7 Å². The van der Waals surface area contributed by atoms with Crippen LogP contribution in [0.25, 0.3) is 10.9 Å². The van der Waals surface area contributed by atoms with Crippen LogP contribution in [0, 0.1) is 0 Å². The normalized spacial score (nSPS) is 22.7. The summed E-state index contributed by atoms with van der Waals surface area (Å²) in [5.41, 5.74) is 2.66. The van der Waals surface area contributed by atoms with Crippen molar-refractivity contribution in [1.82, 2.24) is 15.2 Å². The molecule has 4 rings (SSSR count). The van der Waals surface area contributed by atoms with Gasteiger partial charge in [-0.05, 0) is 45.2 Å². The molecular formula is C26H35N3O4. The number of H-pyrrole nitrogens is 1. The number of benzene rings is 1. The van der Waals surface area contributed by atoms with E-state index in [9.17, 15) is 14.4 Å². The molecule has 178 valence electrons. The summed E-state index contributed by atoms with van der Waals surface area (Å²) in [7, 11) is 0. The predicted molar refractivity (Wildman–Crippen MR) is 127 cm³/mol. The van der Waals surface area contributed by atoms with Crippen LogP contribution >= 0.6 is 0 Å². The van der Waals surface area contributed by atoms with Crippen LogP contribution < -0.4 is 5.32 Å². The number of aromatic amines is 1. The third-order valence-corrected chi connectivity index (χ3v) is 6.56. The molecule has 1 saturated heterocycles. The van der Waals surface area contributed by atoms with Gasteiger partial charge in [-0.2, -0.15) is 0 Å². The Labute approximate surface area is 195 Å². The zero-order valence-electron chi connectivity index (χ0n) is 20.1. The molecule has 0 bridgehead atoms. The number of aromatic nitrogens is 1. The topological polar surface area (TPSA) is 91.5 Å². The van der Waals surface area contributed by atoms with Gasteiger partial charge in [0.05, 0.1) is 6.04 Å². The van der Waals surface area contributed by atoms with Crippen LogP contribution in [-0.2, 0) is 25.5 Å². The molecule has 0 saturated carbocycles. The van der Waals surface area contributed by atoms with Crippen LogP contribution in [-0.4, -0.2) is 45.4 Å². The van der Waals surface area contributed by atoms with Crippen LogP contribution in [0.15, 0.2) is 24.3 Å². The molecule has 0 spiro atoms. The maximum atomic E-state index is 13.6. The minimum absolute atomic E-state index is 0.0879. The maximum Gasteiger partial charge on any atom is 0.306 e. The standard InChI is InChI=1S/C26H35N3O4/c1-5-6-7-12-20-23-17(16-10-8-9-11-18(16)27-23)15-21-24(31)28-19(25(32)29(20)21)13-14-22(30)33-26(2,3)4/h8-11,19-21,27H,5-7,12-15H2,1-4H3,(H,28,31)/t19?,20?,21-/m0/s1. The molecule has 33 heavy (non-hydrogen) atoms. The molecule has 1 aromatic carbocycles. The van der Waals surface area contributed by atoms with E-state index in [1.54, 1.807) is 4.90 Å². The number of para-hydroxylation sites is 1. The molecule has 3 heterocycles. The number of esters is 1. The van der Waals surface area contributed by atoms with Crippen molar-refractivity contribution in [3.8, 4) is 0 Å². The molecule has 3 atom stereocenters. The SMILES string of the molecule is CCCCCC1c2[nH]c3ccccc3c2C[C@H]2C(=O)NC(CCC(=O)OC(C)(C)C)C(=O)N12. The number of amides is 2. The van der Waals surface area contributed by atoms with Gasteiger partial charge >= 0.3 is 5.97 Å². The van der Waals surface area contributed by atoms with Gasteiger partial charge in [-0.3, -0.25) is 14.4 Å². The van der Waals surface area contributed by atoms with Gasteiger partial charge in [0.25, 0.3) is 0 Å². The summed E-state index contributed by atoms with van der Waals surface area (Å²) >= 11 is 0. The zero-order chi connectivity index (χ0) is 23.8. The third kappa shape index (κ3) is 4.77. The molecule has 1 fully saturated rings. The highest BCUT2D eigenvalue weighted by atomic mass is 16.6. The number of nitrogens with one attached hydrogen (secondary N) is 2. The molecule has 2 aromatic rings. The van der Waals surface area contributed by atoms with E-state index in [4.69, 9.17) is 4.74 Å². The Kier molecular flexibility index (Phi) is 6.50. The number of carbonyl (C=O) groups excluding carboxylic acids is 3. The highest BCUT2D eigenvalue weighted by Gasteiger charge is 2.48. The van der Waals surface area contributed by atoms with E-state index in [0.717, 1.165) is 47.8 Å². The first kappa shape index (κ1) is 23.3. The minimum Gasteiger partial charge on any atom is -0.460 e. The first-order valence-electron chi connectivity index (χ1n) is 12.1. The van der Waals surface area contributed by atoms with Gasteiger partial charge in [-0.15, -0.1) is 0 Å². The van der Waals surface area contributed by atoms with Gasteiger partial charge in [0.15, 0.2) is 0 Å². The van der Waals surface area contributed by atoms with Crippen molar-refractivity contribution < 1.29 is 19.1 Å². The lowest BCUT2D eigenvalue weighted by Crippen LogP contribution is -2.65. The fourth-order valence-electron chi connectivity index (χ4n) is 5.13. The van der Waals surface area contributed by atoms with Crippen molar-refractivity contribution in [3.63, 3.8) is 0 Å². The highest BCUT2D eigenvalue weighted by Crippen LogP contribution is 2.41. The number of unbranched alkanes of at least 4 members (excludes halogenated alkanes) is 2. The quantitative estimate of drug-likeness (QED) is 0.486. The number of ether oxygens (including phenoxy) is 1. The first-order valence-corrected chi connectivity index (χ1v) is 12.1. The van der Waals surface area contributed by atoms with Crippen molar-refractivity contribution in [2.75, 3.05) is 0 Å². The smallest absolute Gasteiger partial charge is 0.306 e. The van der Waals surface area contributed by atoms with E-state index >= 15 is 0 Å². The molecule has 7 nitrogen and oxygen atoms in total. The summed E-state index contributed by atoms with van der Waals surface area (Å²) in [6.07, 6.45) is 4.78. The van der Waals surface area contributed by atoms with E-state index < -0.39 is 17.7 Å². The Morgan fingerprint density at radius 1 is 1.15 bits per heavy atom. The van der Waals surface area contributed by atoms with E-state index in [2.05, 4.69) is 23.3 Å². The first-order chi connectivity index (χ1) is 15.7. The average Bonchev–Trinajstić information content (AvgIpc) is 3.12. The second kappa shape index (κ2) is 9.20. The molecule has 2 unspecified atom stereocenters. The summed E-state index contributed by atoms with van der Waals surface area (Å²) in [6, 6.07) is 6.73. The Morgan fingerprint density at radius 2 is 1.91 bits per heavy atom. The number of fused-ring (bicyclic) bond motifs is 4. The number of hydrogen-bond acceptors (Lipinski definition) is 4. The van der Waals surface area contributed by atoms with Crippen molar-refractivity contribution in [2.45, 2.75) is 96.4 Å². The number of rotatable bonds is 7. The summed E-state index contributed by atoms with van der Waals surface area (Å²) < 4.78 is 5.38. The monoisotopic (exact) mass is 453 g/mol. The van der Waals surface area contributed by atoms with Gasteiger partial charge in [-0.25, -0.2) is 0 Å². The lowest BCUT2D eigenvalue weighted by Gasteiger charge is -2.46. The Bertz CT molecular complexity index is 1050. The van der Waals surface area contributed by atoms with Gasteiger partial charge < -0.3 is 19.9 Å². The fourth-order valence-corrected chi connectivity index (χ4v) is 5.13. The number of piperazine rings is 1. The predicted octanol–water partition coefficient (Wildman–Crippen LogP) is 4.16. The second-order valence-electron chi connectivity index (χ2n) is 10.2. The van der Waals surface area contributed by atoms with E-state index in [1.165, 1.54) is 0 Å². The van der Waals surface area contributed by atoms with Crippen molar-refractivity contribution in [1.29, 1.82) is 0 Å². The summed E-state index contributed by atoms with van der Waals surface area (Å²) in [5.74, 6) is -0.600. The third-order valence-electron chi connectivity index (χ3n) is 6.56. The molecule has 2 amide bonds. The lowest BCUT2D eigenvalue weighted by molar-refractivity contribution is -0.157. The molecule has 0 aliphatic carbocycles. The van der Waals surface area contributed by atoms with Crippen LogP contribution in [0.1, 0.15) is 83.5 Å². The highest BCUT2D eigenvalue weighted by molar-refractivity contribution is 5.99. The lowest BCUT2D eigenvalue weighted by atomic mass is 9.86. The second-order valence-corrected chi connectivity index (χ2v) is 10.2. The molecule has 0 radical (unpaired) electrons. The van der Waals surface area contributed by atoms with Crippen LogP contribution in [0.2, 0.25) is 0 Å². The Morgan fingerprint density at radius 3 is 2.64 bits per heavy atom. The van der Waals surface area contributed by atoms with Gasteiger partial charge in [0.2, 0.25) is 11.8 Å². The average molecular weight is 454 g/mol. The zero-order valence-corrected chi connectivity index (χ0v) is 20.1. The van der Waals surface area contributed by atoms with Crippen molar-refractivity contribution in [2.24, 2.45) is 0 Å².